The molecule has 1 aliphatic carbocycles. The minimum atomic E-state index is 0.0542. The van der Waals surface area contributed by atoms with Crippen molar-refractivity contribution >= 4 is 39.7 Å². The van der Waals surface area contributed by atoms with Crippen LogP contribution in [0.25, 0.3) is 22.1 Å². The lowest BCUT2D eigenvalue weighted by molar-refractivity contribution is -0.119. The fourth-order valence-corrected chi connectivity index (χ4v) is 4.57. The molecule has 1 fully saturated rings. The molecular weight excluding hydrogens is 358 g/mol. The van der Waals surface area contributed by atoms with Gasteiger partial charge in [-0.15, -0.1) is 10.2 Å². The Kier molecular flexibility index (Phi) is 5.29. The van der Waals surface area contributed by atoms with Gasteiger partial charge in [-0.25, -0.2) is 4.98 Å². The predicted octanol–water partition coefficient (Wildman–Crippen LogP) is 3.79. The molecule has 0 radical (unpaired) electrons. The molecule has 0 bridgehead atoms. The number of nitrogens with zero attached hydrogens (tertiary/aromatic N) is 4. The first-order valence-corrected chi connectivity index (χ1v) is 10.7. The molecule has 7 heteroatoms. The summed E-state index contributed by atoms with van der Waals surface area (Å²) in [5.41, 5.74) is 2.76. The Bertz CT molecular complexity index is 970. The minimum Gasteiger partial charge on any atom is -0.352 e. The molecule has 0 spiro atoms. The number of nitrogens with one attached hydrogen (secondary N) is 1. The van der Waals surface area contributed by atoms with E-state index in [-0.39, 0.29) is 5.91 Å². The maximum Gasteiger partial charge on any atom is 0.230 e. The summed E-state index contributed by atoms with van der Waals surface area (Å²) in [4.78, 5) is 17.0. The molecule has 1 saturated carbocycles. The molecule has 4 rings (SSSR count). The highest BCUT2D eigenvalue weighted by molar-refractivity contribution is 7.99. The number of fused-ring (bicyclic) bond motifs is 3. The molecule has 2 atom stereocenters. The maximum absolute atomic E-state index is 12.3. The van der Waals surface area contributed by atoms with E-state index in [1.54, 1.807) is 0 Å². The number of carbonyl (C=O) groups is 1. The van der Waals surface area contributed by atoms with Gasteiger partial charge < -0.3 is 9.88 Å². The third-order valence-electron chi connectivity index (χ3n) is 5.46. The van der Waals surface area contributed by atoms with Crippen molar-refractivity contribution in [2.45, 2.75) is 57.3 Å². The average molecular weight is 384 g/mol. The van der Waals surface area contributed by atoms with Crippen molar-refractivity contribution in [3.63, 3.8) is 0 Å². The number of aryl methyl sites for hydroxylation is 1. The Hall–Kier alpha value is -2.15. The standard InChI is InChI=1S/C20H25N5OS/c1-3-25-16-11-7-5-9-14(16)18-19(25)22-20(24-23-18)27-12-17(26)21-15-10-6-4-8-13(15)2/h5,7,9,11,13,15H,3-4,6,8,10,12H2,1-2H3,(H,21,26)/t13-,15+/m1/s1. The van der Waals surface area contributed by atoms with Gasteiger partial charge in [0.05, 0.1) is 11.3 Å². The highest BCUT2D eigenvalue weighted by Gasteiger charge is 2.23. The van der Waals surface area contributed by atoms with Crippen molar-refractivity contribution in [3.05, 3.63) is 24.3 Å². The van der Waals surface area contributed by atoms with Crippen LogP contribution >= 0.6 is 11.8 Å². The Morgan fingerprint density at radius 3 is 2.89 bits per heavy atom. The first kappa shape index (κ1) is 18.2. The van der Waals surface area contributed by atoms with Gasteiger partial charge >= 0.3 is 0 Å². The predicted molar refractivity (Wildman–Crippen MR) is 109 cm³/mol. The monoisotopic (exact) mass is 383 g/mol. The number of carbonyl (C=O) groups excluding carboxylic acids is 1. The van der Waals surface area contributed by atoms with E-state index in [0.717, 1.165) is 35.0 Å². The van der Waals surface area contributed by atoms with Crippen molar-refractivity contribution in [2.75, 3.05) is 5.75 Å². The zero-order valence-corrected chi connectivity index (χ0v) is 16.6. The van der Waals surface area contributed by atoms with Gasteiger partial charge in [-0.2, -0.15) is 0 Å². The van der Waals surface area contributed by atoms with Crippen LogP contribution in [0.3, 0.4) is 0 Å². The second-order valence-corrected chi connectivity index (χ2v) is 8.19. The second-order valence-electron chi connectivity index (χ2n) is 7.25. The summed E-state index contributed by atoms with van der Waals surface area (Å²) in [6.45, 7) is 5.13. The van der Waals surface area contributed by atoms with Gasteiger partial charge in [-0.05, 0) is 31.7 Å². The van der Waals surface area contributed by atoms with Crippen LogP contribution in [0.2, 0.25) is 0 Å². The van der Waals surface area contributed by atoms with E-state index in [0.29, 0.717) is 22.9 Å². The van der Waals surface area contributed by atoms with E-state index >= 15 is 0 Å². The topological polar surface area (TPSA) is 72.7 Å². The molecule has 6 nitrogen and oxygen atoms in total. The van der Waals surface area contributed by atoms with Gasteiger partial charge in [0.1, 0.15) is 5.52 Å². The Balaban J connectivity index is 1.49. The number of hydrogen-bond acceptors (Lipinski definition) is 5. The second kappa shape index (κ2) is 7.84. The van der Waals surface area contributed by atoms with Crippen LogP contribution in [-0.2, 0) is 11.3 Å². The van der Waals surface area contributed by atoms with Crippen LogP contribution in [0.15, 0.2) is 29.4 Å². The van der Waals surface area contributed by atoms with Crippen LogP contribution < -0.4 is 5.32 Å². The van der Waals surface area contributed by atoms with Crippen molar-refractivity contribution < 1.29 is 4.79 Å². The Labute approximate surface area is 163 Å². The molecule has 2 heterocycles. The molecule has 1 amide bonds. The van der Waals surface area contributed by atoms with Crippen molar-refractivity contribution in [3.8, 4) is 0 Å². The first-order chi connectivity index (χ1) is 13.2. The summed E-state index contributed by atoms with van der Waals surface area (Å²) in [7, 11) is 0. The summed E-state index contributed by atoms with van der Waals surface area (Å²) in [5.74, 6) is 0.934. The minimum absolute atomic E-state index is 0.0542. The lowest BCUT2D eigenvalue weighted by Gasteiger charge is -2.29. The molecule has 142 valence electrons. The Morgan fingerprint density at radius 2 is 2.07 bits per heavy atom. The molecule has 1 aliphatic rings. The number of aromatic nitrogens is 4. The molecule has 0 aliphatic heterocycles. The zero-order valence-electron chi connectivity index (χ0n) is 15.8. The van der Waals surface area contributed by atoms with Gasteiger partial charge in [-0.1, -0.05) is 49.7 Å². The van der Waals surface area contributed by atoms with Gasteiger partial charge in [-0.3, -0.25) is 4.79 Å². The van der Waals surface area contributed by atoms with E-state index in [4.69, 9.17) is 0 Å². The fraction of sp³-hybridized carbons (Fsp3) is 0.500. The van der Waals surface area contributed by atoms with Crippen molar-refractivity contribution in [1.82, 2.24) is 25.1 Å². The quantitative estimate of drug-likeness (QED) is 0.679. The molecule has 1 aromatic carbocycles. The summed E-state index contributed by atoms with van der Waals surface area (Å²) in [5, 5.41) is 13.4. The van der Waals surface area contributed by atoms with Gasteiger partial charge in [0.15, 0.2) is 5.65 Å². The number of hydrogen-bond donors (Lipinski definition) is 1. The number of para-hydroxylation sites is 1. The molecule has 0 saturated heterocycles. The molecule has 2 aromatic heterocycles. The van der Waals surface area contributed by atoms with Crippen LogP contribution in [0.4, 0.5) is 0 Å². The van der Waals surface area contributed by atoms with E-state index < -0.39 is 0 Å². The highest BCUT2D eigenvalue weighted by Crippen LogP contribution is 2.27. The molecule has 0 unspecified atom stereocenters. The van der Waals surface area contributed by atoms with Gasteiger partial charge in [0.2, 0.25) is 11.1 Å². The lowest BCUT2D eigenvalue weighted by Crippen LogP contribution is -2.41. The highest BCUT2D eigenvalue weighted by atomic mass is 32.2. The van der Waals surface area contributed by atoms with Crippen LogP contribution in [-0.4, -0.2) is 37.5 Å². The number of benzene rings is 1. The van der Waals surface area contributed by atoms with Crippen molar-refractivity contribution in [2.24, 2.45) is 5.92 Å². The normalized spacial score (nSPS) is 20.2. The van der Waals surface area contributed by atoms with E-state index in [2.05, 4.69) is 45.0 Å². The van der Waals surface area contributed by atoms with Gasteiger partial charge in [0, 0.05) is 18.0 Å². The maximum atomic E-state index is 12.3. The summed E-state index contributed by atoms with van der Waals surface area (Å²) >= 11 is 1.35. The number of amides is 1. The summed E-state index contributed by atoms with van der Waals surface area (Å²) in [6, 6.07) is 8.45. The number of thioether (sulfide) groups is 1. The first-order valence-electron chi connectivity index (χ1n) is 9.71. The van der Waals surface area contributed by atoms with E-state index in [9.17, 15) is 4.79 Å². The lowest BCUT2D eigenvalue weighted by atomic mass is 9.86. The smallest absolute Gasteiger partial charge is 0.230 e. The van der Waals surface area contributed by atoms with Crippen LogP contribution in [0.1, 0.15) is 39.5 Å². The van der Waals surface area contributed by atoms with Crippen LogP contribution in [0.5, 0.6) is 0 Å². The largest absolute Gasteiger partial charge is 0.352 e. The summed E-state index contributed by atoms with van der Waals surface area (Å²) < 4.78 is 2.15. The van der Waals surface area contributed by atoms with Crippen molar-refractivity contribution in [1.29, 1.82) is 0 Å². The fourth-order valence-electron chi connectivity index (χ4n) is 3.98. The zero-order chi connectivity index (χ0) is 18.8. The molecule has 27 heavy (non-hydrogen) atoms. The molecule has 3 aromatic rings. The molecular formula is C20H25N5OS. The number of rotatable bonds is 5. The summed E-state index contributed by atoms with van der Waals surface area (Å²) in [6.07, 6.45) is 4.75. The third-order valence-corrected chi connectivity index (χ3v) is 6.30. The average Bonchev–Trinajstić information content (AvgIpc) is 3.01. The molecule has 1 N–H and O–H groups in total. The van der Waals surface area contributed by atoms with Gasteiger partial charge in [0.25, 0.3) is 0 Å². The van der Waals surface area contributed by atoms with Crippen LogP contribution in [0, 0.1) is 5.92 Å². The Morgan fingerprint density at radius 1 is 1.26 bits per heavy atom. The SMILES string of the molecule is CCn1c2ccccc2c2nnc(SCC(=O)N[C@H]3CCCC[C@H]3C)nc21. The third kappa shape index (κ3) is 3.65. The van der Waals surface area contributed by atoms with E-state index in [1.165, 1.54) is 31.0 Å². The van der Waals surface area contributed by atoms with E-state index in [1.807, 2.05) is 18.2 Å².